The molecule has 2 rings (SSSR count). The van der Waals surface area contributed by atoms with Gasteiger partial charge in [-0.2, -0.15) is 5.10 Å². The molecule has 0 saturated carbocycles. The van der Waals surface area contributed by atoms with E-state index in [2.05, 4.69) is 10.1 Å². The molecule has 0 aliphatic heterocycles. The SMILES string of the molecule is Cn1ncc(C(O)Cc2ccncc2Cl)c1N. The van der Waals surface area contributed by atoms with Gasteiger partial charge in [0.05, 0.1) is 17.3 Å². The van der Waals surface area contributed by atoms with Crippen molar-refractivity contribution >= 4 is 17.4 Å². The summed E-state index contributed by atoms with van der Waals surface area (Å²) in [4.78, 5) is 3.89. The predicted octanol–water partition coefficient (Wildman–Crippen LogP) is 1.33. The molecule has 0 bridgehead atoms. The minimum absolute atomic E-state index is 0.386. The summed E-state index contributed by atoms with van der Waals surface area (Å²) < 4.78 is 1.52. The number of aromatic nitrogens is 3. The van der Waals surface area contributed by atoms with Crippen molar-refractivity contribution in [2.75, 3.05) is 5.73 Å². The van der Waals surface area contributed by atoms with Crippen LogP contribution in [0.15, 0.2) is 24.7 Å². The van der Waals surface area contributed by atoms with E-state index in [0.29, 0.717) is 22.8 Å². The summed E-state index contributed by atoms with van der Waals surface area (Å²) in [6, 6.07) is 1.78. The molecule has 0 aromatic carbocycles. The first-order valence-electron chi connectivity index (χ1n) is 5.13. The van der Waals surface area contributed by atoms with Gasteiger partial charge in [0.15, 0.2) is 0 Å². The quantitative estimate of drug-likeness (QED) is 0.864. The van der Waals surface area contributed by atoms with Crippen molar-refractivity contribution in [1.29, 1.82) is 0 Å². The third-order valence-electron chi connectivity index (χ3n) is 2.64. The lowest BCUT2D eigenvalue weighted by molar-refractivity contribution is 0.179. The van der Waals surface area contributed by atoms with Gasteiger partial charge in [0.25, 0.3) is 0 Å². The van der Waals surface area contributed by atoms with E-state index in [-0.39, 0.29) is 0 Å². The van der Waals surface area contributed by atoms with Gasteiger partial charge in [0.1, 0.15) is 5.82 Å². The molecule has 1 unspecified atom stereocenters. The number of rotatable bonds is 3. The average molecular weight is 253 g/mol. The smallest absolute Gasteiger partial charge is 0.127 e. The van der Waals surface area contributed by atoms with Crippen molar-refractivity contribution in [3.05, 3.63) is 40.8 Å². The fourth-order valence-corrected chi connectivity index (χ4v) is 1.81. The number of anilines is 1. The third kappa shape index (κ3) is 2.40. The van der Waals surface area contributed by atoms with Gasteiger partial charge >= 0.3 is 0 Å². The summed E-state index contributed by atoms with van der Waals surface area (Å²) in [7, 11) is 1.73. The summed E-state index contributed by atoms with van der Waals surface area (Å²) in [6.45, 7) is 0. The molecule has 0 radical (unpaired) electrons. The van der Waals surface area contributed by atoms with E-state index in [1.54, 1.807) is 31.7 Å². The van der Waals surface area contributed by atoms with Crippen molar-refractivity contribution in [3.63, 3.8) is 0 Å². The normalized spacial score (nSPS) is 12.6. The molecular weight excluding hydrogens is 240 g/mol. The number of hydrogen-bond acceptors (Lipinski definition) is 4. The zero-order valence-corrected chi connectivity index (χ0v) is 10.1. The Balaban J connectivity index is 2.20. The van der Waals surface area contributed by atoms with Crippen molar-refractivity contribution in [2.24, 2.45) is 7.05 Å². The molecule has 5 nitrogen and oxygen atoms in total. The maximum Gasteiger partial charge on any atom is 0.127 e. The highest BCUT2D eigenvalue weighted by Gasteiger charge is 2.16. The number of aliphatic hydroxyl groups excluding tert-OH is 1. The van der Waals surface area contributed by atoms with Crippen LogP contribution in [-0.2, 0) is 13.5 Å². The van der Waals surface area contributed by atoms with Crippen LogP contribution in [0.2, 0.25) is 5.02 Å². The zero-order valence-electron chi connectivity index (χ0n) is 9.34. The van der Waals surface area contributed by atoms with Gasteiger partial charge in [-0.3, -0.25) is 9.67 Å². The maximum atomic E-state index is 10.1. The van der Waals surface area contributed by atoms with E-state index >= 15 is 0 Å². The summed E-state index contributed by atoms with van der Waals surface area (Å²) in [5.74, 6) is 0.461. The van der Waals surface area contributed by atoms with Gasteiger partial charge in [-0.1, -0.05) is 11.6 Å². The Morgan fingerprint density at radius 2 is 2.29 bits per heavy atom. The molecule has 0 saturated heterocycles. The first kappa shape index (κ1) is 11.9. The highest BCUT2D eigenvalue weighted by Crippen LogP contribution is 2.25. The monoisotopic (exact) mass is 252 g/mol. The number of aliphatic hydroxyl groups is 1. The Kier molecular flexibility index (Phi) is 3.31. The molecule has 1 atom stereocenters. The Morgan fingerprint density at radius 3 is 2.88 bits per heavy atom. The van der Waals surface area contributed by atoms with Crippen LogP contribution in [0.3, 0.4) is 0 Å². The van der Waals surface area contributed by atoms with Crippen LogP contribution in [0, 0.1) is 0 Å². The lowest BCUT2D eigenvalue weighted by Crippen LogP contribution is -2.06. The fraction of sp³-hybridized carbons (Fsp3) is 0.273. The van der Waals surface area contributed by atoms with Crippen LogP contribution in [0.25, 0.3) is 0 Å². The van der Waals surface area contributed by atoms with E-state index in [0.717, 1.165) is 5.56 Å². The highest BCUT2D eigenvalue weighted by molar-refractivity contribution is 6.31. The zero-order chi connectivity index (χ0) is 12.4. The Bertz CT molecular complexity index is 526. The van der Waals surface area contributed by atoms with E-state index in [4.69, 9.17) is 17.3 Å². The second-order valence-corrected chi connectivity index (χ2v) is 4.20. The molecule has 0 amide bonds. The van der Waals surface area contributed by atoms with E-state index in [1.165, 1.54) is 4.68 Å². The summed E-state index contributed by atoms with van der Waals surface area (Å²) in [5, 5.41) is 14.6. The largest absolute Gasteiger partial charge is 0.388 e. The van der Waals surface area contributed by atoms with Gasteiger partial charge in [0.2, 0.25) is 0 Å². The number of nitrogens with zero attached hydrogens (tertiary/aromatic N) is 3. The molecule has 6 heteroatoms. The summed E-state index contributed by atoms with van der Waals surface area (Å²) >= 11 is 5.98. The van der Waals surface area contributed by atoms with Crippen LogP contribution >= 0.6 is 11.6 Å². The molecule has 0 spiro atoms. The van der Waals surface area contributed by atoms with Crippen LogP contribution in [0.1, 0.15) is 17.2 Å². The third-order valence-corrected chi connectivity index (χ3v) is 2.98. The van der Waals surface area contributed by atoms with Gasteiger partial charge in [-0.25, -0.2) is 0 Å². The van der Waals surface area contributed by atoms with Gasteiger partial charge in [-0.05, 0) is 11.6 Å². The lowest BCUT2D eigenvalue weighted by atomic mass is 10.0. The fourth-order valence-electron chi connectivity index (χ4n) is 1.61. The molecule has 2 aromatic rings. The molecule has 0 fully saturated rings. The number of halogens is 1. The molecule has 17 heavy (non-hydrogen) atoms. The van der Waals surface area contributed by atoms with Crippen molar-refractivity contribution < 1.29 is 5.11 Å². The first-order valence-corrected chi connectivity index (χ1v) is 5.51. The number of hydrogen-bond donors (Lipinski definition) is 2. The minimum Gasteiger partial charge on any atom is -0.388 e. The van der Waals surface area contributed by atoms with Crippen molar-refractivity contribution in [2.45, 2.75) is 12.5 Å². The predicted molar refractivity (Wildman–Crippen MR) is 65.5 cm³/mol. The second kappa shape index (κ2) is 4.73. The van der Waals surface area contributed by atoms with E-state index < -0.39 is 6.10 Å². The standard InChI is InChI=1S/C11H13ClN4O/c1-16-11(13)8(5-15-16)10(17)4-7-2-3-14-6-9(7)12/h2-3,5-6,10,17H,4,13H2,1H3. The Hall–Kier alpha value is -1.59. The van der Waals surface area contributed by atoms with Gasteiger partial charge < -0.3 is 10.8 Å². The molecule has 90 valence electrons. The molecule has 0 aliphatic rings. The molecule has 0 aliphatic carbocycles. The number of nitrogen functional groups attached to an aromatic ring is 1. The topological polar surface area (TPSA) is 77.0 Å². The number of aryl methyl sites for hydroxylation is 1. The summed E-state index contributed by atoms with van der Waals surface area (Å²) in [6.07, 6.45) is 4.42. The average Bonchev–Trinajstić information content (AvgIpc) is 2.63. The molecule has 2 aromatic heterocycles. The first-order chi connectivity index (χ1) is 8.09. The van der Waals surface area contributed by atoms with E-state index in [9.17, 15) is 5.11 Å². The number of nitrogens with two attached hydrogens (primary N) is 1. The lowest BCUT2D eigenvalue weighted by Gasteiger charge is -2.10. The second-order valence-electron chi connectivity index (χ2n) is 3.80. The van der Waals surface area contributed by atoms with Crippen LogP contribution in [0.5, 0.6) is 0 Å². The minimum atomic E-state index is -0.719. The number of pyridine rings is 1. The van der Waals surface area contributed by atoms with Gasteiger partial charge in [0, 0.05) is 31.4 Å². The van der Waals surface area contributed by atoms with Crippen LogP contribution in [-0.4, -0.2) is 19.9 Å². The summed E-state index contributed by atoms with van der Waals surface area (Å²) in [5.41, 5.74) is 7.23. The van der Waals surface area contributed by atoms with Crippen molar-refractivity contribution in [1.82, 2.24) is 14.8 Å². The van der Waals surface area contributed by atoms with Crippen LogP contribution < -0.4 is 5.73 Å². The highest BCUT2D eigenvalue weighted by atomic mass is 35.5. The molecular formula is C11H13ClN4O. The Morgan fingerprint density at radius 1 is 1.53 bits per heavy atom. The molecule has 2 heterocycles. The van der Waals surface area contributed by atoms with Crippen molar-refractivity contribution in [3.8, 4) is 0 Å². The van der Waals surface area contributed by atoms with Gasteiger partial charge in [-0.15, -0.1) is 0 Å². The van der Waals surface area contributed by atoms with Crippen LogP contribution in [0.4, 0.5) is 5.82 Å². The Labute approximate surface area is 104 Å². The molecule has 3 N–H and O–H groups in total. The maximum absolute atomic E-state index is 10.1. The van der Waals surface area contributed by atoms with E-state index in [1.807, 2.05) is 0 Å².